The lowest BCUT2D eigenvalue weighted by Crippen LogP contribution is -2.15. The lowest BCUT2D eigenvalue weighted by molar-refractivity contribution is -0.117. The molecule has 0 aromatic rings. The summed E-state index contributed by atoms with van der Waals surface area (Å²) in [6.45, 7) is 0. The molecule has 0 N–H and O–H groups in total. The van der Waals surface area contributed by atoms with Crippen LogP contribution < -0.4 is 0 Å². The Labute approximate surface area is 65.7 Å². The summed E-state index contributed by atoms with van der Waals surface area (Å²) in [5.41, 5.74) is -0.0280. The van der Waals surface area contributed by atoms with Crippen LogP contribution in [0.15, 0.2) is 0 Å². The van der Waals surface area contributed by atoms with E-state index in [1.54, 1.807) is 0 Å². The van der Waals surface area contributed by atoms with Crippen LogP contribution in [-0.4, -0.2) is 5.24 Å². The minimum Gasteiger partial charge on any atom is -0.281 e. The number of hydrogen-bond acceptors (Lipinski definition) is 1. The zero-order chi connectivity index (χ0) is 7.19. The maximum Gasteiger partial charge on any atom is 0.228 e. The minimum absolute atomic E-state index is 0.0280. The Hall–Kier alpha value is -0.0400. The molecule has 2 saturated carbocycles. The summed E-state index contributed by atoms with van der Waals surface area (Å²) in [5.74, 6) is 0.659. The Morgan fingerprint density at radius 3 is 2.80 bits per heavy atom. The van der Waals surface area contributed by atoms with Gasteiger partial charge in [0.2, 0.25) is 5.24 Å². The summed E-state index contributed by atoms with van der Waals surface area (Å²) in [6, 6.07) is 0. The average Bonchev–Trinajstić information content (AvgIpc) is 2.61. The first-order valence-electron chi connectivity index (χ1n) is 3.96. The molecule has 2 fully saturated rings. The Morgan fingerprint density at radius 2 is 2.30 bits per heavy atom. The van der Waals surface area contributed by atoms with E-state index in [4.69, 9.17) is 11.6 Å². The van der Waals surface area contributed by atoms with Gasteiger partial charge < -0.3 is 0 Å². The maximum absolute atomic E-state index is 10.9. The van der Waals surface area contributed by atoms with Crippen LogP contribution in [0.5, 0.6) is 0 Å². The summed E-state index contributed by atoms with van der Waals surface area (Å²) in [5, 5.41) is -0.0720. The molecule has 2 atom stereocenters. The van der Waals surface area contributed by atoms with E-state index in [2.05, 4.69) is 0 Å². The molecule has 0 spiro atoms. The molecule has 0 bridgehead atoms. The van der Waals surface area contributed by atoms with Crippen LogP contribution in [0.25, 0.3) is 0 Å². The van der Waals surface area contributed by atoms with Crippen molar-refractivity contribution in [2.24, 2.45) is 11.3 Å². The van der Waals surface area contributed by atoms with E-state index in [1.807, 2.05) is 0 Å². The van der Waals surface area contributed by atoms with Gasteiger partial charge in [0.25, 0.3) is 0 Å². The molecule has 10 heavy (non-hydrogen) atoms. The molecule has 0 aromatic carbocycles. The zero-order valence-corrected chi connectivity index (χ0v) is 6.66. The van der Waals surface area contributed by atoms with Crippen molar-refractivity contribution in [2.45, 2.75) is 32.1 Å². The highest BCUT2D eigenvalue weighted by molar-refractivity contribution is 6.65. The first-order chi connectivity index (χ1) is 4.76. The molecule has 0 amide bonds. The molecule has 56 valence electrons. The highest BCUT2D eigenvalue weighted by Gasteiger charge is 2.59. The minimum atomic E-state index is -0.0720. The summed E-state index contributed by atoms with van der Waals surface area (Å²) < 4.78 is 0. The Bertz CT molecular complexity index is 178. The highest BCUT2D eigenvalue weighted by atomic mass is 35.5. The Balaban J connectivity index is 2.12. The zero-order valence-electron chi connectivity index (χ0n) is 5.90. The molecule has 0 heterocycles. The van der Waals surface area contributed by atoms with Crippen LogP contribution in [0.2, 0.25) is 0 Å². The van der Waals surface area contributed by atoms with Gasteiger partial charge in [-0.1, -0.05) is 12.8 Å². The van der Waals surface area contributed by atoms with Gasteiger partial charge in [-0.2, -0.15) is 0 Å². The van der Waals surface area contributed by atoms with E-state index < -0.39 is 0 Å². The molecule has 1 nitrogen and oxygen atoms in total. The number of hydrogen-bond donors (Lipinski definition) is 0. The molecule has 0 radical (unpaired) electrons. The van der Waals surface area contributed by atoms with Crippen molar-refractivity contribution in [3.05, 3.63) is 0 Å². The van der Waals surface area contributed by atoms with Crippen LogP contribution in [0.4, 0.5) is 0 Å². The standard InChI is InChI=1S/C8H11ClO/c9-7(10)8-4-2-1-3-6(8)5-8/h6H,1-5H2. The van der Waals surface area contributed by atoms with Crippen molar-refractivity contribution in [3.63, 3.8) is 0 Å². The molecule has 2 rings (SSSR count). The van der Waals surface area contributed by atoms with Gasteiger partial charge in [0.15, 0.2) is 0 Å². The van der Waals surface area contributed by atoms with Crippen LogP contribution in [-0.2, 0) is 4.79 Å². The van der Waals surface area contributed by atoms with Gasteiger partial charge in [-0.25, -0.2) is 0 Å². The smallest absolute Gasteiger partial charge is 0.228 e. The monoisotopic (exact) mass is 158 g/mol. The van der Waals surface area contributed by atoms with Crippen LogP contribution >= 0.6 is 11.6 Å². The van der Waals surface area contributed by atoms with Crippen molar-refractivity contribution in [1.29, 1.82) is 0 Å². The summed E-state index contributed by atoms with van der Waals surface area (Å²) in [7, 11) is 0. The lowest BCUT2D eigenvalue weighted by atomic mass is 9.90. The fourth-order valence-electron chi connectivity index (χ4n) is 2.24. The first-order valence-corrected chi connectivity index (χ1v) is 4.33. The second-order valence-electron chi connectivity index (χ2n) is 3.58. The molecule has 2 aliphatic rings. The third-order valence-electron chi connectivity index (χ3n) is 3.05. The highest BCUT2D eigenvalue weighted by Crippen LogP contribution is 2.62. The van der Waals surface area contributed by atoms with E-state index in [0.29, 0.717) is 5.92 Å². The number of rotatable bonds is 1. The fourth-order valence-corrected chi connectivity index (χ4v) is 2.56. The molecule has 2 heteroatoms. The number of carbonyl (C=O) groups excluding carboxylic acids is 1. The second-order valence-corrected chi connectivity index (χ2v) is 3.92. The van der Waals surface area contributed by atoms with Gasteiger partial charge in [-0.3, -0.25) is 4.79 Å². The van der Waals surface area contributed by atoms with E-state index in [9.17, 15) is 4.79 Å². The number of fused-ring (bicyclic) bond motifs is 1. The van der Waals surface area contributed by atoms with Gasteiger partial charge >= 0.3 is 0 Å². The van der Waals surface area contributed by atoms with Gasteiger partial charge in [0.1, 0.15) is 0 Å². The van der Waals surface area contributed by atoms with Crippen LogP contribution in [0.1, 0.15) is 32.1 Å². The van der Waals surface area contributed by atoms with Crippen molar-refractivity contribution in [3.8, 4) is 0 Å². The molecule has 2 unspecified atom stereocenters. The molecular formula is C8H11ClO. The normalized spacial score (nSPS) is 44.3. The number of halogens is 1. The van der Waals surface area contributed by atoms with Crippen molar-refractivity contribution in [1.82, 2.24) is 0 Å². The Morgan fingerprint density at radius 1 is 1.50 bits per heavy atom. The largest absolute Gasteiger partial charge is 0.281 e. The average molecular weight is 159 g/mol. The van der Waals surface area contributed by atoms with E-state index in [1.165, 1.54) is 19.3 Å². The van der Waals surface area contributed by atoms with Crippen LogP contribution in [0, 0.1) is 11.3 Å². The molecule has 0 saturated heterocycles. The molecule has 0 aromatic heterocycles. The first kappa shape index (κ1) is 6.66. The third-order valence-corrected chi connectivity index (χ3v) is 3.43. The van der Waals surface area contributed by atoms with E-state index >= 15 is 0 Å². The van der Waals surface area contributed by atoms with Crippen molar-refractivity contribution >= 4 is 16.8 Å². The molecule has 0 aliphatic heterocycles. The summed E-state index contributed by atoms with van der Waals surface area (Å²) in [6.07, 6.45) is 5.87. The summed E-state index contributed by atoms with van der Waals surface area (Å²) in [4.78, 5) is 10.9. The second kappa shape index (κ2) is 1.97. The predicted molar refractivity (Wildman–Crippen MR) is 39.9 cm³/mol. The molecule has 2 aliphatic carbocycles. The quantitative estimate of drug-likeness (QED) is 0.536. The summed E-state index contributed by atoms with van der Waals surface area (Å²) >= 11 is 5.50. The van der Waals surface area contributed by atoms with Gasteiger partial charge in [0, 0.05) is 5.41 Å². The van der Waals surface area contributed by atoms with E-state index in [-0.39, 0.29) is 10.7 Å². The topological polar surface area (TPSA) is 17.1 Å². The van der Waals surface area contributed by atoms with Crippen molar-refractivity contribution in [2.75, 3.05) is 0 Å². The fraction of sp³-hybridized carbons (Fsp3) is 0.875. The number of carbonyl (C=O) groups is 1. The van der Waals surface area contributed by atoms with Crippen LogP contribution in [0.3, 0.4) is 0 Å². The van der Waals surface area contributed by atoms with Crippen molar-refractivity contribution < 1.29 is 4.79 Å². The predicted octanol–water partition coefficient (Wildman–Crippen LogP) is 2.33. The van der Waals surface area contributed by atoms with Gasteiger partial charge in [-0.05, 0) is 36.8 Å². The maximum atomic E-state index is 10.9. The van der Waals surface area contributed by atoms with E-state index in [0.717, 1.165) is 12.8 Å². The molecular weight excluding hydrogens is 148 g/mol. The SMILES string of the molecule is O=C(Cl)C12CCCCC1C2. The van der Waals surface area contributed by atoms with Gasteiger partial charge in [-0.15, -0.1) is 0 Å². The lowest BCUT2D eigenvalue weighted by Gasteiger charge is -2.16. The van der Waals surface area contributed by atoms with Gasteiger partial charge in [0.05, 0.1) is 0 Å². The third kappa shape index (κ3) is 0.731. The Kier molecular flexibility index (Phi) is 1.31.